The average Bonchev–Trinajstić information content (AvgIpc) is 2.86. The van der Waals surface area contributed by atoms with E-state index in [1.54, 1.807) is 33.8 Å². The molecule has 204 valence electrons. The fourth-order valence-electron chi connectivity index (χ4n) is 4.00. The van der Waals surface area contributed by atoms with Crippen LogP contribution in [0.15, 0.2) is 60.7 Å². The summed E-state index contributed by atoms with van der Waals surface area (Å²) in [6.07, 6.45) is 1.44. The molecule has 38 heavy (non-hydrogen) atoms. The molecule has 3 aromatic rings. The zero-order valence-corrected chi connectivity index (χ0v) is 24.2. The Hall–Kier alpha value is -3.08. The second kappa shape index (κ2) is 13.1. The maximum atomic E-state index is 12.6. The van der Waals surface area contributed by atoms with E-state index < -0.39 is 19.1 Å². The van der Waals surface area contributed by atoms with Crippen molar-refractivity contribution in [3.05, 3.63) is 94.0 Å². The molecular formula is C31H39O6P. The smallest absolute Gasteiger partial charge is 0.313 e. The van der Waals surface area contributed by atoms with Gasteiger partial charge >= 0.3 is 5.97 Å². The van der Waals surface area contributed by atoms with Crippen LogP contribution in [0, 0.1) is 19.3 Å². The first kappa shape index (κ1) is 29.5. The maximum Gasteiger partial charge on any atom is 0.313 e. The summed E-state index contributed by atoms with van der Waals surface area (Å²) < 4.78 is 29.0. The lowest BCUT2D eigenvalue weighted by molar-refractivity contribution is -0.166. The first-order valence-electron chi connectivity index (χ1n) is 12.8. The highest BCUT2D eigenvalue weighted by Crippen LogP contribution is 2.32. The highest BCUT2D eigenvalue weighted by atomic mass is 31.1. The number of ether oxygens (including phenoxy) is 3. The molecule has 0 saturated heterocycles. The van der Waals surface area contributed by atoms with Crippen molar-refractivity contribution in [2.75, 3.05) is 13.1 Å². The lowest BCUT2D eigenvalue weighted by atomic mass is 9.93. The monoisotopic (exact) mass is 538 g/mol. The predicted octanol–water partition coefficient (Wildman–Crippen LogP) is 7.00. The van der Waals surface area contributed by atoms with Crippen molar-refractivity contribution in [1.82, 2.24) is 0 Å². The molecule has 2 unspecified atom stereocenters. The van der Waals surface area contributed by atoms with E-state index in [9.17, 15) is 14.5 Å². The van der Waals surface area contributed by atoms with Gasteiger partial charge in [-0.25, -0.2) is 0 Å². The average molecular weight is 539 g/mol. The number of phenolic OH excluding ortho intramolecular Hbond substituents is 1. The zero-order valence-electron chi connectivity index (χ0n) is 23.2. The van der Waals surface area contributed by atoms with E-state index in [0.717, 1.165) is 34.2 Å². The molecule has 0 spiro atoms. The van der Waals surface area contributed by atoms with Gasteiger partial charge in [0, 0.05) is 6.42 Å². The first-order chi connectivity index (χ1) is 17.9. The summed E-state index contributed by atoms with van der Waals surface area (Å²) in [5.74, 6) is 0.0136. The number of aryl methyl sites for hydroxylation is 2. The number of hydrogen-bond acceptors (Lipinski definition) is 6. The van der Waals surface area contributed by atoms with Crippen molar-refractivity contribution >= 4 is 13.8 Å². The van der Waals surface area contributed by atoms with E-state index in [4.69, 9.17) is 14.2 Å². The summed E-state index contributed by atoms with van der Waals surface area (Å²) in [5, 5.41) is 10.4. The molecule has 2 atom stereocenters. The van der Waals surface area contributed by atoms with Crippen molar-refractivity contribution in [3.8, 4) is 11.5 Å². The highest BCUT2D eigenvalue weighted by molar-refractivity contribution is 7.45. The SMILES string of the molecule is Cc1cc(OC[PH](=O)C(C)OCOC(=O)C(C)(C)C)cc(C)c1Cc1ccc(O)c(Cc2ccccc2)c1. The number of benzene rings is 3. The number of esters is 1. The summed E-state index contributed by atoms with van der Waals surface area (Å²) in [4.78, 5) is 11.8. The minimum atomic E-state index is -2.22. The van der Waals surface area contributed by atoms with Gasteiger partial charge in [0.2, 0.25) is 0 Å². The topological polar surface area (TPSA) is 82.1 Å². The first-order valence-corrected chi connectivity index (χ1v) is 14.5. The Morgan fingerprint density at radius 1 is 0.947 bits per heavy atom. The number of hydrogen-bond donors (Lipinski definition) is 1. The summed E-state index contributed by atoms with van der Waals surface area (Å²) in [6, 6.07) is 19.8. The minimum Gasteiger partial charge on any atom is -0.508 e. The Morgan fingerprint density at radius 3 is 2.24 bits per heavy atom. The predicted molar refractivity (Wildman–Crippen MR) is 152 cm³/mol. The van der Waals surface area contributed by atoms with E-state index in [0.29, 0.717) is 17.9 Å². The van der Waals surface area contributed by atoms with Gasteiger partial charge < -0.3 is 23.9 Å². The number of carbonyl (C=O) groups is 1. The highest BCUT2D eigenvalue weighted by Gasteiger charge is 2.23. The van der Waals surface area contributed by atoms with Crippen molar-refractivity contribution in [3.63, 3.8) is 0 Å². The molecule has 0 aromatic heterocycles. The number of rotatable bonds is 11. The zero-order chi connectivity index (χ0) is 27.9. The lowest BCUT2D eigenvalue weighted by Gasteiger charge is -2.19. The molecule has 0 aliphatic carbocycles. The molecule has 0 saturated carbocycles. The van der Waals surface area contributed by atoms with Gasteiger partial charge in [-0.05, 0) is 99.5 Å². The second-order valence-corrected chi connectivity index (χ2v) is 12.7. The Bertz CT molecular complexity index is 1240. The van der Waals surface area contributed by atoms with Crippen molar-refractivity contribution in [1.29, 1.82) is 0 Å². The van der Waals surface area contributed by atoms with Gasteiger partial charge in [-0.1, -0.05) is 42.5 Å². The van der Waals surface area contributed by atoms with Gasteiger partial charge in [-0.15, -0.1) is 0 Å². The molecule has 3 aromatic carbocycles. The Labute approximate surface area is 226 Å². The van der Waals surface area contributed by atoms with Crippen molar-refractivity contribution in [2.24, 2.45) is 5.41 Å². The molecule has 0 fully saturated rings. The molecular weight excluding hydrogens is 499 g/mol. The molecule has 6 nitrogen and oxygen atoms in total. The summed E-state index contributed by atoms with van der Waals surface area (Å²) >= 11 is 0. The largest absolute Gasteiger partial charge is 0.508 e. The third-order valence-electron chi connectivity index (χ3n) is 6.39. The molecule has 0 amide bonds. The third kappa shape index (κ3) is 8.47. The Morgan fingerprint density at radius 2 is 1.61 bits per heavy atom. The normalized spacial score (nSPS) is 13.1. The van der Waals surface area contributed by atoms with Crippen LogP contribution >= 0.6 is 7.80 Å². The quantitative estimate of drug-likeness (QED) is 0.161. The Kier molecular flexibility index (Phi) is 10.2. The molecule has 0 aliphatic heterocycles. The van der Waals surface area contributed by atoms with Crippen LogP contribution in [0.4, 0.5) is 0 Å². The fraction of sp³-hybridized carbons (Fsp3) is 0.387. The van der Waals surface area contributed by atoms with Crippen LogP contribution in [-0.2, 0) is 31.7 Å². The lowest BCUT2D eigenvalue weighted by Crippen LogP contribution is -2.24. The van der Waals surface area contributed by atoms with Gasteiger partial charge in [0.05, 0.1) is 5.41 Å². The standard InChI is InChI=1S/C31H39O6P/c1-21-14-27(37-20-38(34)23(3)35-19-36-30(33)31(4,5)6)15-22(2)28(21)18-25-12-13-29(32)26(17-25)16-24-10-8-7-9-11-24/h7-15,17,23,32,38H,16,18-20H2,1-6H3. The number of aromatic hydroxyl groups is 1. The number of carbonyl (C=O) groups excluding carboxylic acids is 1. The second-order valence-electron chi connectivity index (χ2n) is 10.7. The van der Waals surface area contributed by atoms with Gasteiger partial charge in [0.1, 0.15) is 31.5 Å². The molecule has 0 aliphatic rings. The van der Waals surface area contributed by atoms with Crippen LogP contribution in [-0.4, -0.2) is 30.1 Å². The van der Waals surface area contributed by atoms with E-state index in [1.807, 2.05) is 50.2 Å². The minimum absolute atomic E-state index is 0.0398. The van der Waals surface area contributed by atoms with Crippen molar-refractivity contribution < 1.29 is 28.7 Å². The molecule has 0 bridgehead atoms. The van der Waals surface area contributed by atoms with Gasteiger partial charge in [0.15, 0.2) is 6.79 Å². The summed E-state index contributed by atoms with van der Waals surface area (Å²) in [5.41, 5.74) is 5.91. The summed E-state index contributed by atoms with van der Waals surface area (Å²) in [6.45, 7) is 10.8. The molecule has 3 rings (SSSR count). The number of phenols is 1. The molecule has 0 heterocycles. The van der Waals surface area contributed by atoms with E-state index >= 15 is 0 Å². The molecule has 0 radical (unpaired) electrons. The van der Waals surface area contributed by atoms with Gasteiger partial charge in [0.25, 0.3) is 0 Å². The maximum absolute atomic E-state index is 12.6. The fourth-order valence-corrected chi connectivity index (χ4v) is 4.79. The van der Waals surface area contributed by atoms with Gasteiger partial charge in [-0.2, -0.15) is 0 Å². The van der Waals surface area contributed by atoms with E-state index in [-0.39, 0.29) is 19.1 Å². The van der Waals surface area contributed by atoms with Crippen LogP contribution < -0.4 is 4.74 Å². The molecule has 1 N–H and O–H groups in total. The van der Waals surface area contributed by atoms with Crippen LogP contribution in [0.5, 0.6) is 11.5 Å². The van der Waals surface area contributed by atoms with E-state index in [1.165, 1.54) is 5.56 Å². The van der Waals surface area contributed by atoms with E-state index in [2.05, 4.69) is 18.2 Å². The van der Waals surface area contributed by atoms with Crippen molar-refractivity contribution in [2.45, 2.75) is 60.2 Å². The van der Waals surface area contributed by atoms with Crippen LogP contribution in [0.25, 0.3) is 0 Å². The van der Waals surface area contributed by atoms with Gasteiger partial charge in [-0.3, -0.25) is 4.79 Å². The third-order valence-corrected chi connectivity index (χ3v) is 7.89. The summed E-state index contributed by atoms with van der Waals surface area (Å²) in [7, 11) is -2.22. The Balaban J connectivity index is 1.59. The van der Waals surface area contributed by atoms with Crippen LogP contribution in [0.3, 0.4) is 0 Å². The van der Waals surface area contributed by atoms with Crippen LogP contribution in [0.2, 0.25) is 0 Å². The van der Waals surface area contributed by atoms with Crippen LogP contribution in [0.1, 0.15) is 61.1 Å². The molecule has 7 heteroatoms.